The van der Waals surface area contributed by atoms with Crippen LogP contribution in [0.2, 0.25) is 0 Å². The fourth-order valence-corrected chi connectivity index (χ4v) is 1.92. The normalized spacial score (nSPS) is 9.48. The lowest BCUT2D eigenvalue weighted by Gasteiger charge is -2.09. The topological polar surface area (TPSA) is 83.8 Å². The van der Waals surface area contributed by atoms with Crippen LogP contribution in [-0.2, 0) is 17.8 Å². The maximum absolute atomic E-state index is 11.1. The summed E-state index contributed by atoms with van der Waals surface area (Å²) in [5, 5.41) is 17.9. The van der Waals surface area contributed by atoms with Crippen LogP contribution in [0.3, 0.4) is 0 Å². The standard InChI is InChI=1S/C16H14O5.C2H6/c17-15(18)9-12-8-13(6-7-14(12)16(19)20)21-10-11-4-2-1-3-5-11;1-2/h1-8H,9-10H2,(H,17,18)(H,19,20);1-2H3. The van der Waals surface area contributed by atoms with Gasteiger partial charge in [0.05, 0.1) is 12.0 Å². The number of carbonyl (C=O) groups is 2. The molecule has 0 aliphatic heterocycles. The largest absolute Gasteiger partial charge is 0.489 e. The van der Waals surface area contributed by atoms with Crippen molar-refractivity contribution in [2.45, 2.75) is 26.9 Å². The number of aromatic carboxylic acids is 1. The Bertz CT molecular complexity index is 650. The van der Waals surface area contributed by atoms with Gasteiger partial charge in [-0.15, -0.1) is 0 Å². The van der Waals surface area contributed by atoms with Crippen molar-refractivity contribution in [2.75, 3.05) is 0 Å². The average Bonchev–Trinajstić information content (AvgIpc) is 2.55. The molecular weight excluding hydrogens is 296 g/mol. The Balaban J connectivity index is 0.00000127. The van der Waals surface area contributed by atoms with Crippen molar-refractivity contribution in [2.24, 2.45) is 0 Å². The van der Waals surface area contributed by atoms with E-state index in [1.54, 1.807) is 0 Å². The first kappa shape index (κ1) is 18.2. The Kier molecular flexibility index (Phi) is 7.33. The zero-order chi connectivity index (χ0) is 17.2. The Labute approximate surface area is 135 Å². The van der Waals surface area contributed by atoms with Crippen molar-refractivity contribution < 1.29 is 24.5 Å². The van der Waals surface area contributed by atoms with Gasteiger partial charge in [0.15, 0.2) is 0 Å². The third kappa shape index (κ3) is 5.82. The summed E-state index contributed by atoms with van der Waals surface area (Å²) in [5.41, 5.74) is 1.17. The highest BCUT2D eigenvalue weighted by Gasteiger charge is 2.14. The first-order valence-corrected chi connectivity index (χ1v) is 7.31. The molecule has 0 saturated heterocycles. The van der Waals surface area contributed by atoms with Crippen LogP contribution in [0, 0.1) is 0 Å². The second kappa shape index (κ2) is 9.25. The first-order valence-electron chi connectivity index (χ1n) is 7.31. The second-order valence-electron chi connectivity index (χ2n) is 4.47. The average molecular weight is 316 g/mol. The van der Waals surface area contributed by atoms with Crippen molar-refractivity contribution in [3.8, 4) is 5.75 Å². The quantitative estimate of drug-likeness (QED) is 0.850. The smallest absolute Gasteiger partial charge is 0.335 e. The van der Waals surface area contributed by atoms with Crippen molar-refractivity contribution in [1.82, 2.24) is 0 Å². The summed E-state index contributed by atoms with van der Waals surface area (Å²) >= 11 is 0. The summed E-state index contributed by atoms with van der Waals surface area (Å²) in [6.07, 6.45) is -0.357. The van der Waals surface area contributed by atoms with Gasteiger partial charge in [0.25, 0.3) is 0 Å². The molecule has 0 aromatic heterocycles. The molecule has 0 saturated carbocycles. The van der Waals surface area contributed by atoms with Crippen LogP contribution in [0.25, 0.3) is 0 Å². The van der Waals surface area contributed by atoms with Gasteiger partial charge >= 0.3 is 11.9 Å². The molecule has 122 valence electrons. The number of rotatable bonds is 6. The molecule has 2 N–H and O–H groups in total. The minimum Gasteiger partial charge on any atom is -0.489 e. The summed E-state index contributed by atoms with van der Waals surface area (Å²) < 4.78 is 5.56. The molecular formula is C18H20O5. The van der Waals surface area contributed by atoms with E-state index in [0.717, 1.165) is 5.56 Å². The molecule has 0 radical (unpaired) electrons. The van der Waals surface area contributed by atoms with E-state index in [9.17, 15) is 9.59 Å². The minimum atomic E-state index is -1.15. The molecule has 0 bridgehead atoms. The number of benzene rings is 2. The fourth-order valence-electron chi connectivity index (χ4n) is 1.92. The lowest BCUT2D eigenvalue weighted by Crippen LogP contribution is -2.08. The van der Waals surface area contributed by atoms with Gasteiger partial charge < -0.3 is 14.9 Å². The van der Waals surface area contributed by atoms with Crippen LogP contribution < -0.4 is 4.74 Å². The molecule has 2 aromatic rings. The highest BCUT2D eigenvalue weighted by atomic mass is 16.5. The molecule has 2 aromatic carbocycles. The number of aliphatic carboxylic acids is 1. The molecule has 2 rings (SSSR count). The number of carboxylic acids is 2. The van der Waals surface area contributed by atoms with E-state index in [-0.39, 0.29) is 17.5 Å². The van der Waals surface area contributed by atoms with Crippen molar-refractivity contribution in [3.63, 3.8) is 0 Å². The molecule has 0 fully saturated rings. The maximum Gasteiger partial charge on any atom is 0.335 e. The second-order valence-corrected chi connectivity index (χ2v) is 4.47. The van der Waals surface area contributed by atoms with Gasteiger partial charge in [-0.2, -0.15) is 0 Å². The van der Waals surface area contributed by atoms with Crippen molar-refractivity contribution in [1.29, 1.82) is 0 Å². The Morgan fingerprint density at radius 2 is 1.65 bits per heavy atom. The third-order valence-corrected chi connectivity index (χ3v) is 2.90. The van der Waals surface area contributed by atoms with Crippen LogP contribution in [0.5, 0.6) is 5.75 Å². The lowest BCUT2D eigenvalue weighted by atomic mass is 10.0. The van der Waals surface area contributed by atoms with E-state index >= 15 is 0 Å². The van der Waals surface area contributed by atoms with Crippen LogP contribution in [-0.4, -0.2) is 22.2 Å². The van der Waals surface area contributed by atoms with Gasteiger partial charge in [-0.3, -0.25) is 4.79 Å². The predicted octanol–water partition coefficient (Wildman–Crippen LogP) is 3.62. The van der Waals surface area contributed by atoms with Crippen molar-refractivity contribution >= 4 is 11.9 Å². The van der Waals surface area contributed by atoms with Gasteiger partial charge in [-0.1, -0.05) is 44.2 Å². The van der Waals surface area contributed by atoms with Gasteiger partial charge in [0.1, 0.15) is 12.4 Å². The molecule has 23 heavy (non-hydrogen) atoms. The predicted molar refractivity (Wildman–Crippen MR) is 86.9 cm³/mol. The Hall–Kier alpha value is -2.82. The maximum atomic E-state index is 11.1. The molecule has 0 unspecified atom stereocenters. The molecule has 5 nitrogen and oxygen atoms in total. The van der Waals surface area contributed by atoms with E-state index in [1.165, 1.54) is 18.2 Å². The van der Waals surface area contributed by atoms with Crippen LogP contribution >= 0.6 is 0 Å². The molecule has 5 heteroatoms. The Morgan fingerprint density at radius 1 is 1.00 bits per heavy atom. The minimum absolute atomic E-state index is 0.0236. The monoisotopic (exact) mass is 316 g/mol. The van der Waals surface area contributed by atoms with Gasteiger partial charge in [-0.25, -0.2) is 4.79 Å². The number of ether oxygens (including phenoxy) is 1. The van der Waals surface area contributed by atoms with Crippen LogP contribution in [0.1, 0.15) is 35.3 Å². The van der Waals surface area contributed by atoms with Gasteiger partial charge in [-0.05, 0) is 29.3 Å². The highest BCUT2D eigenvalue weighted by Crippen LogP contribution is 2.20. The number of carboxylic acid groups (broad SMARTS) is 2. The van der Waals surface area contributed by atoms with E-state index in [0.29, 0.717) is 12.4 Å². The van der Waals surface area contributed by atoms with E-state index in [4.69, 9.17) is 14.9 Å². The summed E-state index contributed by atoms with van der Waals surface area (Å²) in [7, 11) is 0. The van der Waals surface area contributed by atoms with Crippen molar-refractivity contribution in [3.05, 3.63) is 65.2 Å². The Morgan fingerprint density at radius 3 is 2.22 bits per heavy atom. The SMILES string of the molecule is CC.O=C(O)Cc1cc(OCc2ccccc2)ccc1C(=O)O. The molecule has 0 aliphatic rings. The zero-order valence-electron chi connectivity index (χ0n) is 13.2. The number of hydrogen-bond donors (Lipinski definition) is 2. The van der Waals surface area contributed by atoms with Crippen LogP contribution in [0.4, 0.5) is 0 Å². The van der Waals surface area contributed by atoms with Gasteiger partial charge in [0, 0.05) is 0 Å². The summed E-state index contributed by atoms with van der Waals surface area (Å²) in [6, 6.07) is 13.8. The summed E-state index contributed by atoms with van der Waals surface area (Å²) in [4.78, 5) is 21.9. The van der Waals surface area contributed by atoms with E-state index in [1.807, 2.05) is 44.2 Å². The molecule has 0 amide bonds. The summed E-state index contributed by atoms with van der Waals surface area (Å²) in [6.45, 7) is 4.33. The lowest BCUT2D eigenvalue weighted by molar-refractivity contribution is -0.136. The summed E-state index contributed by atoms with van der Waals surface area (Å²) in [5.74, 6) is -1.79. The third-order valence-electron chi connectivity index (χ3n) is 2.90. The molecule has 0 heterocycles. The first-order chi connectivity index (χ1) is 11.1. The molecule has 0 atom stereocenters. The fraction of sp³-hybridized carbons (Fsp3) is 0.222. The van der Waals surface area contributed by atoms with Crippen LogP contribution in [0.15, 0.2) is 48.5 Å². The van der Waals surface area contributed by atoms with Gasteiger partial charge in [0.2, 0.25) is 0 Å². The van der Waals surface area contributed by atoms with E-state index in [2.05, 4.69) is 0 Å². The molecule has 0 aliphatic carbocycles. The zero-order valence-corrected chi connectivity index (χ0v) is 13.2. The highest BCUT2D eigenvalue weighted by molar-refractivity contribution is 5.91. The van der Waals surface area contributed by atoms with E-state index < -0.39 is 11.9 Å². The molecule has 0 spiro atoms. The number of hydrogen-bond acceptors (Lipinski definition) is 3.